The van der Waals surface area contributed by atoms with Gasteiger partial charge in [-0.05, 0) is 18.2 Å². The number of rotatable bonds is 5. The second kappa shape index (κ2) is 7.72. The first kappa shape index (κ1) is 17.1. The summed E-state index contributed by atoms with van der Waals surface area (Å²) in [6.45, 7) is -0.787. The van der Waals surface area contributed by atoms with Gasteiger partial charge in [0.05, 0.1) is 12.1 Å². The molecule has 0 aliphatic rings. The Morgan fingerprint density at radius 2 is 2.00 bits per heavy atom. The van der Waals surface area contributed by atoms with Crippen molar-refractivity contribution >= 4 is 33.7 Å². The molecule has 0 bridgehead atoms. The Balaban J connectivity index is 2.46. The van der Waals surface area contributed by atoms with E-state index in [2.05, 4.69) is 26.0 Å². The lowest BCUT2D eigenvalue weighted by molar-refractivity contribution is -0.131. The van der Waals surface area contributed by atoms with Crippen LogP contribution in [0.2, 0.25) is 0 Å². The molecule has 6 nitrogen and oxygen atoms in total. The molecule has 0 atom stereocenters. The summed E-state index contributed by atoms with van der Waals surface area (Å²) in [7, 11) is 3.09. The van der Waals surface area contributed by atoms with Gasteiger partial charge in [-0.1, -0.05) is 15.9 Å². The predicted molar refractivity (Wildman–Crippen MR) is 76.1 cm³/mol. The maximum absolute atomic E-state index is 13.5. The van der Waals surface area contributed by atoms with Gasteiger partial charge in [0.2, 0.25) is 5.91 Å². The minimum absolute atomic E-state index is 0.198. The third kappa shape index (κ3) is 5.50. The number of nitrogens with one attached hydrogen (secondary N) is 1. The van der Waals surface area contributed by atoms with Crippen LogP contribution < -0.4 is 5.32 Å². The molecular formula is C13H14BrFN2O4. The van der Waals surface area contributed by atoms with Crippen LogP contribution in [-0.2, 0) is 14.3 Å². The van der Waals surface area contributed by atoms with Gasteiger partial charge >= 0.3 is 5.97 Å². The Hall–Kier alpha value is -1.96. The molecule has 0 radical (unpaired) electrons. The third-order valence-electron chi connectivity index (χ3n) is 2.42. The SMILES string of the molecule is CN(C)C(=O)CNC(=O)COC(=O)c1ccc(Br)cc1F. The summed E-state index contributed by atoms with van der Waals surface area (Å²) < 4.78 is 18.6. The molecule has 0 aromatic heterocycles. The van der Waals surface area contributed by atoms with E-state index in [1.807, 2.05) is 0 Å². The summed E-state index contributed by atoms with van der Waals surface area (Å²) >= 11 is 3.06. The number of ether oxygens (including phenoxy) is 1. The van der Waals surface area contributed by atoms with Crippen molar-refractivity contribution < 1.29 is 23.5 Å². The molecule has 1 N–H and O–H groups in total. The molecule has 0 fully saturated rings. The van der Waals surface area contributed by atoms with Crippen molar-refractivity contribution in [3.8, 4) is 0 Å². The van der Waals surface area contributed by atoms with Crippen molar-refractivity contribution in [1.82, 2.24) is 10.2 Å². The Morgan fingerprint density at radius 3 is 2.57 bits per heavy atom. The standard InChI is InChI=1S/C13H14BrFN2O4/c1-17(2)12(19)6-16-11(18)7-21-13(20)9-4-3-8(14)5-10(9)15/h3-5H,6-7H2,1-2H3,(H,16,18). The van der Waals surface area contributed by atoms with Gasteiger partial charge < -0.3 is 15.0 Å². The number of esters is 1. The largest absolute Gasteiger partial charge is 0.452 e. The molecule has 0 unspecified atom stereocenters. The Kier molecular flexibility index (Phi) is 6.29. The van der Waals surface area contributed by atoms with E-state index in [0.29, 0.717) is 4.47 Å². The average Bonchev–Trinajstić information content (AvgIpc) is 2.41. The number of carbonyl (C=O) groups is 3. The van der Waals surface area contributed by atoms with Crippen molar-refractivity contribution in [2.24, 2.45) is 0 Å². The molecule has 114 valence electrons. The first-order chi connectivity index (χ1) is 9.81. The van der Waals surface area contributed by atoms with E-state index in [1.54, 1.807) is 14.1 Å². The zero-order valence-corrected chi connectivity index (χ0v) is 13.1. The molecule has 1 aromatic rings. The number of nitrogens with zero attached hydrogens (tertiary/aromatic N) is 1. The van der Waals surface area contributed by atoms with Gasteiger partial charge in [0, 0.05) is 18.6 Å². The zero-order chi connectivity index (χ0) is 16.0. The van der Waals surface area contributed by atoms with Crippen LogP contribution in [0.4, 0.5) is 4.39 Å². The van der Waals surface area contributed by atoms with E-state index in [0.717, 1.165) is 6.07 Å². The molecule has 0 saturated carbocycles. The topological polar surface area (TPSA) is 75.7 Å². The van der Waals surface area contributed by atoms with E-state index in [-0.39, 0.29) is 18.0 Å². The fraction of sp³-hybridized carbons (Fsp3) is 0.308. The summed E-state index contributed by atoms with van der Waals surface area (Å²) in [6.07, 6.45) is 0. The van der Waals surface area contributed by atoms with Crippen LogP contribution in [0.1, 0.15) is 10.4 Å². The molecule has 1 aromatic carbocycles. The van der Waals surface area contributed by atoms with Gasteiger partial charge in [-0.25, -0.2) is 9.18 Å². The molecule has 1 rings (SSSR count). The van der Waals surface area contributed by atoms with Crippen LogP contribution in [-0.4, -0.2) is 49.9 Å². The Bertz CT molecular complexity index is 563. The summed E-state index contributed by atoms with van der Waals surface area (Å²) in [4.78, 5) is 35.5. The molecule has 0 spiro atoms. The van der Waals surface area contributed by atoms with Gasteiger partial charge in [0.15, 0.2) is 6.61 Å². The van der Waals surface area contributed by atoms with Crippen molar-refractivity contribution in [1.29, 1.82) is 0 Å². The monoisotopic (exact) mass is 360 g/mol. The van der Waals surface area contributed by atoms with E-state index in [4.69, 9.17) is 0 Å². The van der Waals surface area contributed by atoms with Crippen LogP contribution in [0, 0.1) is 5.82 Å². The van der Waals surface area contributed by atoms with Crippen LogP contribution in [0.25, 0.3) is 0 Å². The van der Waals surface area contributed by atoms with Crippen LogP contribution >= 0.6 is 15.9 Å². The lowest BCUT2D eigenvalue weighted by Crippen LogP contribution is -2.38. The zero-order valence-electron chi connectivity index (χ0n) is 11.5. The second-order valence-corrected chi connectivity index (χ2v) is 5.18. The minimum atomic E-state index is -0.950. The maximum Gasteiger partial charge on any atom is 0.341 e. The number of hydrogen-bond donors (Lipinski definition) is 1. The molecule has 2 amide bonds. The highest BCUT2D eigenvalue weighted by Crippen LogP contribution is 2.15. The normalized spacial score (nSPS) is 9.90. The number of halogens is 2. The minimum Gasteiger partial charge on any atom is -0.452 e. The van der Waals surface area contributed by atoms with Crippen molar-refractivity contribution in [2.45, 2.75) is 0 Å². The van der Waals surface area contributed by atoms with Gasteiger partial charge in [-0.3, -0.25) is 9.59 Å². The molecule has 0 aliphatic carbocycles. The first-order valence-electron chi connectivity index (χ1n) is 5.90. The molecule has 0 heterocycles. The molecule has 0 saturated heterocycles. The summed E-state index contributed by atoms with van der Waals surface area (Å²) in [5, 5.41) is 2.29. The van der Waals surface area contributed by atoms with Crippen LogP contribution in [0.5, 0.6) is 0 Å². The predicted octanol–water partition coefficient (Wildman–Crippen LogP) is 0.949. The number of carbonyl (C=O) groups excluding carboxylic acids is 3. The first-order valence-corrected chi connectivity index (χ1v) is 6.69. The van der Waals surface area contributed by atoms with Crippen molar-refractivity contribution in [2.75, 3.05) is 27.2 Å². The number of benzene rings is 1. The highest BCUT2D eigenvalue weighted by Gasteiger charge is 2.15. The van der Waals surface area contributed by atoms with Gasteiger partial charge in [0.1, 0.15) is 5.82 Å². The van der Waals surface area contributed by atoms with E-state index >= 15 is 0 Å². The Morgan fingerprint density at radius 1 is 1.33 bits per heavy atom. The van der Waals surface area contributed by atoms with Crippen LogP contribution in [0.15, 0.2) is 22.7 Å². The van der Waals surface area contributed by atoms with Crippen LogP contribution in [0.3, 0.4) is 0 Å². The molecule has 8 heteroatoms. The van der Waals surface area contributed by atoms with Gasteiger partial charge in [-0.2, -0.15) is 0 Å². The lowest BCUT2D eigenvalue weighted by Gasteiger charge is -2.11. The summed E-state index contributed by atoms with van der Waals surface area (Å²) in [5.41, 5.74) is -0.268. The second-order valence-electron chi connectivity index (χ2n) is 4.27. The highest BCUT2D eigenvalue weighted by molar-refractivity contribution is 9.10. The molecule has 0 aliphatic heterocycles. The average molecular weight is 361 g/mol. The maximum atomic E-state index is 13.5. The number of amides is 2. The smallest absolute Gasteiger partial charge is 0.341 e. The molecule has 21 heavy (non-hydrogen) atoms. The number of hydrogen-bond acceptors (Lipinski definition) is 4. The lowest BCUT2D eigenvalue weighted by atomic mass is 10.2. The summed E-state index contributed by atoms with van der Waals surface area (Å²) in [5.74, 6) is -2.64. The highest BCUT2D eigenvalue weighted by atomic mass is 79.9. The fourth-order valence-corrected chi connectivity index (χ4v) is 1.58. The van der Waals surface area contributed by atoms with Crippen molar-refractivity contribution in [3.63, 3.8) is 0 Å². The van der Waals surface area contributed by atoms with Gasteiger partial charge in [0.25, 0.3) is 5.91 Å². The third-order valence-corrected chi connectivity index (χ3v) is 2.91. The van der Waals surface area contributed by atoms with Gasteiger partial charge in [-0.15, -0.1) is 0 Å². The van der Waals surface area contributed by atoms with E-state index in [9.17, 15) is 18.8 Å². The fourth-order valence-electron chi connectivity index (χ4n) is 1.25. The summed E-state index contributed by atoms with van der Waals surface area (Å²) in [6, 6.07) is 3.84. The number of likely N-dealkylation sites (N-methyl/N-ethyl adjacent to an activating group) is 1. The molecular weight excluding hydrogens is 347 g/mol. The van der Waals surface area contributed by atoms with E-state index < -0.39 is 24.3 Å². The van der Waals surface area contributed by atoms with E-state index in [1.165, 1.54) is 17.0 Å². The quantitative estimate of drug-likeness (QED) is 0.793. The Labute approximate surface area is 129 Å². The van der Waals surface area contributed by atoms with Crippen molar-refractivity contribution in [3.05, 3.63) is 34.1 Å².